The average molecular weight is 261 g/mol. The largest absolute Gasteiger partial charge is 0.454 e. The molecule has 0 radical (unpaired) electrons. The summed E-state index contributed by atoms with van der Waals surface area (Å²) in [5.74, 6) is -0.777. The maximum Gasteiger partial charge on any atom is 0.374 e. The Bertz CT molecular complexity index is 695. The first kappa shape index (κ1) is 13.1. The van der Waals surface area contributed by atoms with Gasteiger partial charge in [-0.2, -0.15) is 0 Å². The molecule has 0 spiro atoms. The lowest BCUT2D eigenvalue weighted by Gasteiger charge is -2.18. The van der Waals surface area contributed by atoms with Crippen LogP contribution in [0, 0.1) is 0 Å². The number of carbonyl (C=O) groups is 1. The summed E-state index contributed by atoms with van der Waals surface area (Å²) in [4.78, 5) is 23.7. The number of nitrogen functional groups attached to an aromatic ring is 1. The monoisotopic (exact) mass is 261 g/mol. The SMILES string of the molecule is CC(C)(C)OC(=O)c1cc(=O)c2cc(N)ccc2o1. The summed E-state index contributed by atoms with van der Waals surface area (Å²) in [6, 6.07) is 5.79. The van der Waals surface area contributed by atoms with E-state index >= 15 is 0 Å². The summed E-state index contributed by atoms with van der Waals surface area (Å²) < 4.78 is 10.5. The van der Waals surface area contributed by atoms with Gasteiger partial charge in [0, 0.05) is 11.8 Å². The molecule has 5 nitrogen and oxygen atoms in total. The number of hydrogen-bond donors (Lipinski definition) is 1. The summed E-state index contributed by atoms with van der Waals surface area (Å²) in [5, 5.41) is 0.340. The van der Waals surface area contributed by atoms with Crippen molar-refractivity contribution in [3.8, 4) is 0 Å². The Morgan fingerprint density at radius 3 is 2.58 bits per heavy atom. The molecule has 5 heteroatoms. The van der Waals surface area contributed by atoms with Crippen molar-refractivity contribution in [3.05, 3.63) is 40.2 Å². The summed E-state index contributed by atoms with van der Waals surface area (Å²) in [6.45, 7) is 5.22. The molecule has 0 saturated carbocycles. The van der Waals surface area contributed by atoms with Crippen LogP contribution in [0.1, 0.15) is 31.3 Å². The van der Waals surface area contributed by atoms with Crippen LogP contribution in [-0.2, 0) is 4.74 Å². The minimum Gasteiger partial charge on any atom is -0.454 e. The molecule has 1 aromatic carbocycles. The maximum absolute atomic E-state index is 11.9. The molecule has 0 aliphatic rings. The Balaban J connectivity index is 2.50. The molecule has 2 aromatic rings. The van der Waals surface area contributed by atoms with Gasteiger partial charge < -0.3 is 14.9 Å². The van der Waals surface area contributed by atoms with Crippen LogP contribution in [0.15, 0.2) is 33.5 Å². The first-order valence-corrected chi connectivity index (χ1v) is 5.83. The molecule has 0 aliphatic carbocycles. The smallest absolute Gasteiger partial charge is 0.374 e. The van der Waals surface area contributed by atoms with Crippen LogP contribution in [0.4, 0.5) is 5.69 Å². The first-order valence-electron chi connectivity index (χ1n) is 5.83. The topological polar surface area (TPSA) is 82.5 Å². The first-order chi connectivity index (χ1) is 8.76. The van der Waals surface area contributed by atoms with Crippen LogP contribution in [-0.4, -0.2) is 11.6 Å². The zero-order valence-electron chi connectivity index (χ0n) is 11.0. The molecule has 0 unspecified atom stereocenters. The van der Waals surface area contributed by atoms with Crippen molar-refractivity contribution in [2.24, 2.45) is 0 Å². The molecular weight excluding hydrogens is 246 g/mol. The Kier molecular flexibility index (Phi) is 3.06. The highest BCUT2D eigenvalue weighted by Gasteiger charge is 2.20. The standard InChI is InChI=1S/C14H15NO4/c1-14(2,3)19-13(17)12-7-10(16)9-6-8(15)4-5-11(9)18-12/h4-7H,15H2,1-3H3. The van der Waals surface area contributed by atoms with Crippen molar-refractivity contribution in [2.45, 2.75) is 26.4 Å². The van der Waals surface area contributed by atoms with Crippen molar-refractivity contribution in [1.29, 1.82) is 0 Å². The Morgan fingerprint density at radius 2 is 1.95 bits per heavy atom. The molecule has 2 N–H and O–H groups in total. The van der Waals surface area contributed by atoms with E-state index in [9.17, 15) is 9.59 Å². The third-order valence-electron chi connectivity index (χ3n) is 2.35. The van der Waals surface area contributed by atoms with Gasteiger partial charge in [-0.3, -0.25) is 4.79 Å². The zero-order valence-corrected chi connectivity index (χ0v) is 11.0. The van der Waals surface area contributed by atoms with Crippen LogP contribution in [0.2, 0.25) is 0 Å². The summed E-state index contributed by atoms with van der Waals surface area (Å²) in [6.07, 6.45) is 0. The van der Waals surface area contributed by atoms with E-state index in [1.807, 2.05) is 0 Å². The lowest BCUT2D eigenvalue weighted by molar-refractivity contribution is 0.00364. The van der Waals surface area contributed by atoms with Crippen molar-refractivity contribution in [2.75, 3.05) is 5.73 Å². The predicted octanol–water partition coefficient (Wildman–Crippen LogP) is 2.33. The fourth-order valence-electron chi connectivity index (χ4n) is 1.60. The molecule has 0 fully saturated rings. The summed E-state index contributed by atoms with van der Waals surface area (Å²) in [5.41, 5.74) is 5.40. The van der Waals surface area contributed by atoms with E-state index in [-0.39, 0.29) is 11.2 Å². The van der Waals surface area contributed by atoms with E-state index in [1.165, 1.54) is 6.07 Å². The second-order valence-electron chi connectivity index (χ2n) is 5.23. The van der Waals surface area contributed by atoms with Gasteiger partial charge in [0.15, 0.2) is 5.43 Å². The molecule has 0 atom stereocenters. The lowest BCUT2D eigenvalue weighted by atomic mass is 10.2. The van der Waals surface area contributed by atoms with Crippen molar-refractivity contribution >= 4 is 22.6 Å². The number of rotatable bonds is 1. The highest BCUT2D eigenvalue weighted by atomic mass is 16.6. The van der Waals surface area contributed by atoms with E-state index in [2.05, 4.69) is 0 Å². The number of benzene rings is 1. The molecule has 100 valence electrons. The van der Waals surface area contributed by atoms with Gasteiger partial charge in [-0.05, 0) is 39.0 Å². The highest BCUT2D eigenvalue weighted by molar-refractivity contribution is 5.89. The van der Waals surface area contributed by atoms with E-state index in [0.717, 1.165) is 6.07 Å². The van der Waals surface area contributed by atoms with Gasteiger partial charge in [0.1, 0.15) is 11.2 Å². The summed E-state index contributed by atoms with van der Waals surface area (Å²) in [7, 11) is 0. The number of nitrogens with two attached hydrogens (primary N) is 1. The number of esters is 1. The Morgan fingerprint density at radius 1 is 1.26 bits per heavy atom. The van der Waals surface area contributed by atoms with Crippen LogP contribution in [0.5, 0.6) is 0 Å². The van der Waals surface area contributed by atoms with Crippen molar-refractivity contribution in [1.82, 2.24) is 0 Å². The molecule has 1 aromatic heterocycles. The van der Waals surface area contributed by atoms with E-state index in [4.69, 9.17) is 14.9 Å². The molecule has 2 rings (SSSR count). The van der Waals surface area contributed by atoms with Crippen LogP contribution in [0.3, 0.4) is 0 Å². The summed E-state index contributed by atoms with van der Waals surface area (Å²) >= 11 is 0. The van der Waals surface area contributed by atoms with Crippen LogP contribution >= 0.6 is 0 Å². The van der Waals surface area contributed by atoms with E-state index in [0.29, 0.717) is 16.7 Å². The third-order valence-corrected chi connectivity index (χ3v) is 2.35. The predicted molar refractivity (Wildman–Crippen MR) is 72.1 cm³/mol. The van der Waals surface area contributed by atoms with Gasteiger partial charge in [-0.15, -0.1) is 0 Å². The number of ether oxygens (including phenoxy) is 1. The molecule has 0 bridgehead atoms. The number of anilines is 1. The number of fused-ring (bicyclic) bond motifs is 1. The molecule has 1 heterocycles. The highest BCUT2D eigenvalue weighted by Crippen LogP contribution is 2.17. The Labute approximate surface area is 110 Å². The number of hydrogen-bond acceptors (Lipinski definition) is 5. The Hall–Kier alpha value is -2.30. The second-order valence-corrected chi connectivity index (χ2v) is 5.23. The normalized spacial score (nSPS) is 11.5. The van der Waals surface area contributed by atoms with Gasteiger partial charge in [-0.1, -0.05) is 0 Å². The minimum absolute atomic E-state index is 0.114. The van der Waals surface area contributed by atoms with E-state index in [1.54, 1.807) is 32.9 Å². The van der Waals surface area contributed by atoms with Gasteiger partial charge in [0.25, 0.3) is 0 Å². The molecular formula is C14H15NO4. The lowest BCUT2D eigenvalue weighted by Crippen LogP contribution is -2.24. The molecule has 0 aliphatic heterocycles. The van der Waals surface area contributed by atoms with Gasteiger partial charge in [0.2, 0.25) is 5.76 Å². The van der Waals surface area contributed by atoms with Gasteiger partial charge in [-0.25, -0.2) is 4.79 Å². The van der Waals surface area contributed by atoms with Gasteiger partial charge in [0.05, 0.1) is 5.39 Å². The second kappa shape index (κ2) is 4.42. The zero-order chi connectivity index (χ0) is 14.2. The van der Waals surface area contributed by atoms with Crippen molar-refractivity contribution in [3.63, 3.8) is 0 Å². The fourth-order valence-corrected chi connectivity index (χ4v) is 1.60. The molecule has 19 heavy (non-hydrogen) atoms. The van der Waals surface area contributed by atoms with Crippen LogP contribution < -0.4 is 11.2 Å². The number of carbonyl (C=O) groups excluding carboxylic acids is 1. The maximum atomic E-state index is 11.9. The minimum atomic E-state index is -0.664. The van der Waals surface area contributed by atoms with Crippen molar-refractivity contribution < 1.29 is 13.9 Å². The average Bonchev–Trinajstić information content (AvgIpc) is 2.27. The molecule has 0 saturated heterocycles. The quantitative estimate of drug-likeness (QED) is 0.629. The molecule has 0 amide bonds. The van der Waals surface area contributed by atoms with Gasteiger partial charge >= 0.3 is 5.97 Å². The van der Waals surface area contributed by atoms with Crippen LogP contribution in [0.25, 0.3) is 11.0 Å². The van der Waals surface area contributed by atoms with E-state index < -0.39 is 11.6 Å². The fraction of sp³-hybridized carbons (Fsp3) is 0.286. The third kappa shape index (κ3) is 2.93.